The summed E-state index contributed by atoms with van der Waals surface area (Å²) >= 11 is 3.40. The molecule has 1 N–H and O–H groups in total. The van der Waals surface area contributed by atoms with Crippen molar-refractivity contribution >= 4 is 32.0 Å². The summed E-state index contributed by atoms with van der Waals surface area (Å²) in [5.74, 6) is 0.689. The van der Waals surface area contributed by atoms with Crippen LogP contribution in [0.1, 0.15) is 37.4 Å². The lowest BCUT2D eigenvalue weighted by molar-refractivity contribution is 0.291. The quantitative estimate of drug-likeness (QED) is 0.839. The standard InChI is InChI=1S/C13H16BrN3O2S/c14-11-7-5-10(6-8-11)13-16-20(18,19)15-12-4-2-1-3-9-17(12)13/h5-8,13,16H,1-4,9H2/t13-/m1/s1. The molecular weight excluding hydrogens is 342 g/mol. The minimum atomic E-state index is -3.59. The maximum absolute atomic E-state index is 11.9. The molecule has 7 heteroatoms. The van der Waals surface area contributed by atoms with Crippen LogP contribution in [0.15, 0.2) is 33.1 Å². The van der Waals surface area contributed by atoms with Gasteiger partial charge < -0.3 is 4.90 Å². The van der Waals surface area contributed by atoms with E-state index in [1.165, 1.54) is 0 Å². The number of amidine groups is 1. The molecule has 0 aromatic heterocycles. The molecule has 1 atom stereocenters. The van der Waals surface area contributed by atoms with Crippen LogP contribution in [0.25, 0.3) is 0 Å². The van der Waals surface area contributed by atoms with Crippen molar-refractivity contribution in [2.75, 3.05) is 6.54 Å². The molecule has 3 rings (SSSR count). The van der Waals surface area contributed by atoms with E-state index in [1.807, 2.05) is 24.3 Å². The first kappa shape index (κ1) is 14.0. The highest BCUT2D eigenvalue weighted by Gasteiger charge is 2.33. The number of nitrogens with one attached hydrogen (secondary N) is 1. The minimum Gasteiger partial charge on any atom is -0.339 e. The molecule has 2 aliphatic rings. The summed E-state index contributed by atoms with van der Waals surface area (Å²) in [6, 6.07) is 7.72. The van der Waals surface area contributed by atoms with Crippen LogP contribution in [-0.4, -0.2) is 25.7 Å². The van der Waals surface area contributed by atoms with Crippen molar-refractivity contribution in [3.05, 3.63) is 34.3 Å². The Bertz CT molecular complexity index is 628. The summed E-state index contributed by atoms with van der Waals surface area (Å²) in [7, 11) is -3.59. The van der Waals surface area contributed by atoms with E-state index in [4.69, 9.17) is 0 Å². The van der Waals surface area contributed by atoms with Crippen LogP contribution in [0, 0.1) is 0 Å². The molecule has 0 unspecified atom stereocenters. The normalized spacial score (nSPS) is 25.6. The first-order valence-electron chi connectivity index (χ1n) is 6.68. The lowest BCUT2D eigenvalue weighted by Crippen LogP contribution is -2.48. The van der Waals surface area contributed by atoms with E-state index in [9.17, 15) is 8.42 Å². The fraction of sp³-hybridized carbons (Fsp3) is 0.462. The molecule has 108 valence electrons. The Kier molecular flexibility index (Phi) is 3.83. The Balaban J connectivity index is 2.01. The van der Waals surface area contributed by atoms with Gasteiger partial charge in [-0.25, -0.2) is 0 Å². The molecule has 0 spiro atoms. The number of nitrogens with zero attached hydrogens (tertiary/aromatic N) is 2. The maximum Gasteiger partial charge on any atom is 0.323 e. The predicted octanol–water partition coefficient (Wildman–Crippen LogP) is 2.57. The number of hydrogen-bond acceptors (Lipinski definition) is 3. The Morgan fingerprint density at radius 2 is 1.95 bits per heavy atom. The summed E-state index contributed by atoms with van der Waals surface area (Å²) in [6.07, 6.45) is 3.56. The number of hydrogen-bond donors (Lipinski definition) is 1. The average molecular weight is 358 g/mol. The third-order valence-corrected chi connectivity index (χ3v) is 5.12. The van der Waals surface area contributed by atoms with Gasteiger partial charge >= 0.3 is 10.2 Å². The summed E-state index contributed by atoms with van der Waals surface area (Å²) in [5.41, 5.74) is 0.936. The van der Waals surface area contributed by atoms with Crippen LogP contribution >= 0.6 is 15.9 Å². The zero-order valence-corrected chi connectivity index (χ0v) is 13.3. The molecule has 0 bridgehead atoms. The van der Waals surface area contributed by atoms with Gasteiger partial charge in [-0.3, -0.25) is 0 Å². The van der Waals surface area contributed by atoms with Gasteiger partial charge in [0.05, 0.1) is 0 Å². The Morgan fingerprint density at radius 1 is 1.20 bits per heavy atom. The minimum absolute atomic E-state index is 0.348. The van der Waals surface area contributed by atoms with Gasteiger partial charge in [0.2, 0.25) is 0 Å². The molecule has 1 aromatic rings. The fourth-order valence-corrected chi connectivity index (χ4v) is 3.99. The van der Waals surface area contributed by atoms with E-state index in [0.717, 1.165) is 42.3 Å². The molecule has 0 amide bonds. The highest BCUT2D eigenvalue weighted by molar-refractivity contribution is 9.10. The molecule has 20 heavy (non-hydrogen) atoms. The molecular formula is C13H16BrN3O2S. The lowest BCUT2D eigenvalue weighted by Gasteiger charge is -2.36. The third-order valence-electron chi connectivity index (χ3n) is 3.61. The Morgan fingerprint density at radius 3 is 2.70 bits per heavy atom. The zero-order valence-electron chi connectivity index (χ0n) is 10.9. The summed E-state index contributed by atoms with van der Waals surface area (Å²) in [6.45, 7) is 0.835. The van der Waals surface area contributed by atoms with Gasteiger partial charge in [0.25, 0.3) is 0 Å². The maximum atomic E-state index is 11.9. The second kappa shape index (κ2) is 5.46. The van der Waals surface area contributed by atoms with Crippen molar-refractivity contribution in [2.24, 2.45) is 4.40 Å². The SMILES string of the molecule is O=S1(=O)N=C2CCCCCN2[C@H](c2ccc(Br)cc2)N1. The number of benzene rings is 1. The first-order valence-corrected chi connectivity index (χ1v) is 8.92. The predicted molar refractivity (Wildman–Crippen MR) is 81.5 cm³/mol. The van der Waals surface area contributed by atoms with Crippen molar-refractivity contribution in [3.8, 4) is 0 Å². The fourth-order valence-electron chi connectivity index (χ4n) is 2.65. The van der Waals surface area contributed by atoms with Crippen LogP contribution in [0.4, 0.5) is 0 Å². The molecule has 0 radical (unpaired) electrons. The monoisotopic (exact) mass is 357 g/mol. The van der Waals surface area contributed by atoms with Crippen molar-refractivity contribution in [1.29, 1.82) is 0 Å². The third kappa shape index (κ3) is 2.89. The molecule has 0 saturated carbocycles. The highest BCUT2D eigenvalue weighted by atomic mass is 79.9. The van der Waals surface area contributed by atoms with Gasteiger partial charge in [0, 0.05) is 17.4 Å². The van der Waals surface area contributed by atoms with Gasteiger partial charge in [0.1, 0.15) is 12.0 Å². The lowest BCUT2D eigenvalue weighted by atomic mass is 10.1. The van der Waals surface area contributed by atoms with Gasteiger partial charge in [-0.05, 0) is 30.5 Å². The Labute approximate surface area is 127 Å². The number of halogens is 1. The first-order chi connectivity index (χ1) is 9.55. The molecule has 5 nitrogen and oxygen atoms in total. The number of rotatable bonds is 1. The van der Waals surface area contributed by atoms with E-state index >= 15 is 0 Å². The molecule has 1 aromatic carbocycles. The van der Waals surface area contributed by atoms with Gasteiger partial charge in [0.15, 0.2) is 0 Å². The van der Waals surface area contributed by atoms with E-state index in [1.54, 1.807) is 0 Å². The van der Waals surface area contributed by atoms with E-state index < -0.39 is 10.2 Å². The smallest absolute Gasteiger partial charge is 0.323 e. The highest BCUT2D eigenvalue weighted by Crippen LogP contribution is 2.28. The van der Waals surface area contributed by atoms with Crippen molar-refractivity contribution < 1.29 is 8.42 Å². The van der Waals surface area contributed by atoms with Gasteiger partial charge in [-0.1, -0.05) is 34.5 Å². The second-order valence-electron chi connectivity index (χ2n) is 5.06. The number of fused-ring (bicyclic) bond motifs is 1. The average Bonchev–Trinajstić information content (AvgIpc) is 2.62. The van der Waals surface area contributed by atoms with Crippen LogP contribution in [0.2, 0.25) is 0 Å². The molecule has 1 saturated heterocycles. The second-order valence-corrected chi connectivity index (χ2v) is 7.34. The van der Waals surface area contributed by atoms with Crippen molar-refractivity contribution in [3.63, 3.8) is 0 Å². The van der Waals surface area contributed by atoms with E-state index in [2.05, 4.69) is 29.9 Å². The topological polar surface area (TPSA) is 61.8 Å². The summed E-state index contributed by atoms with van der Waals surface area (Å²) in [4.78, 5) is 2.08. The van der Waals surface area contributed by atoms with E-state index in [0.29, 0.717) is 5.84 Å². The summed E-state index contributed by atoms with van der Waals surface area (Å²) in [5, 5.41) is 0. The van der Waals surface area contributed by atoms with Crippen molar-refractivity contribution in [1.82, 2.24) is 9.62 Å². The van der Waals surface area contributed by atoms with Crippen molar-refractivity contribution in [2.45, 2.75) is 31.8 Å². The largest absolute Gasteiger partial charge is 0.339 e. The molecule has 1 fully saturated rings. The van der Waals surface area contributed by atoms with Gasteiger partial charge in [-0.15, -0.1) is 4.40 Å². The van der Waals surface area contributed by atoms with Gasteiger partial charge in [-0.2, -0.15) is 13.1 Å². The zero-order chi connectivity index (χ0) is 14.2. The van der Waals surface area contributed by atoms with Crippen LogP contribution in [-0.2, 0) is 10.2 Å². The van der Waals surface area contributed by atoms with Crippen LogP contribution in [0.5, 0.6) is 0 Å². The van der Waals surface area contributed by atoms with E-state index in [-0.39, 0.29) is 6.17 Å². The molecule has 0 aliphatic carbocycles. The Hall–Kier alpha value is -0.920. The van der Waals surface area contributed by atoms with Crippen LogP contribution < -0.4 is 4.72 Å². The summed E-state index contributed by atoms with van der Waals surface area (Å²) < 4.78 is 31.4. The molecule has 2 heterocycles. The molecule has 2 aliphatic heterocycles. The van der Waals surface area contributed by atoms with Crippen LogP contribution in [0.3, 0.4) is 0 Å².